The third kappa shape index (κ3) is 1.97. The second-order valence-electron chi connectivity index (χ2n) is 3.67. The van der Waals surface area contributed by atoms with E-state index < -0.39 is 11.8 Å². The fraction of sp³-hybridized carbons (Fsp3) is 0.250. The minimum Gasteiger partial charge on any atom is -0.460 e. The topological polar surface area (TPSA) is 61.2 Å². The molecule has 94 valence electrons. The summed E-state index contributed by atoms with van der Waals surface area (Å²) >= 11 is 5.94. The lowest BCUT2D eigenvalue weighted by atomic mass is 10.1. The zero-order valence-corrected chi connectivity index (χ0v) is 10.7. The number of halogens is 1. The molecule has 0 aliphatic heterocycles. The van der Waals surface area contributed by atoms with Crippen LogP contribution in [0.5, 0.6) is 0 Å². The van der Waals surface area contributed by atoms with Gasteiger partial charge in [0.1, 0.15) is 0 Å². The maximum absolute atomic E-state index is 12.0. The summed E-state index contributed by atoms with van der Waals surface area (Å²) in [4.78, 5) is 23.4. The Bertz CT molecular complexity index is 634. The molecule has 6 heteroatoms. The predicted octanol–water partition coefficient (Wildman–Crippen LogP) is 1.97. The Morgan fingerprint density at radius 3 is 2.83 bits per heavy atom. The van der Waals surface area contributed by atoms with Crippen LogP contribution in [0.25, 0.3) is 10.9 Å². The van der Waals surface area contributed by atoms with Crippen molar-refractivity contribution < 1.29 is 14.3 Å². The molecule has 1 aromatic heterocycles. The number of benzene rings is 1. The molecule has 0 saturated heterocycles. The number of Topliss-reactive ketones (excluding diaryl/α,β-unsaturated/α-hetero) is 1. The van der Waals surface area contributed by atoms with E-state index in [1.165, 1.54) is 4.68 Å². The lowest BCUT2D eigenvalue weighted by molar-refractivity contribution is -0.137. The second-order valence-corrected chi connectivity index (χ2v) is 4.02. The average Bonchev–Trinajstić information content (AvgIpc) is 2.65. The number of ketones is 1. The Kier molecular flexibility index (Phi) is 3.34. The maximum atomic E-state index is 12.0. The SMILES string of the molecule is CCOC(=O)C(=O)c1cccc2c(Cl)nn(C)c12. The van der Waals surface area contributed by atoms with Gasteiger partial charge in [-0.05, 0) is 19.1 Å². The smallest absolute Gasteiger partial charge is 0.379 e. The molecule has 0 amide bonds. The molecule has 1 aromatic carbocycles. The van der Waals surface area contributed by atoms with Crippen molar-refractivity contribution in [3.63, 3.8) is 0 Å². The minimum absolute atomic E-state index is 0.159. The molecule has 1 heterocycles. The molecule has 0 unspecified atom stereocenters. The first-order chi connectivity index (χ1) is 8.56. The van der Waals surface area contributed by atoms with Gasteiger partial charge in [-0.3, -0.25) is 9.48 Å². The number of para-hydroxylation sites is 1. The van der Waals surface area contributed by atoms with Gasteiger partial charge in [0.25, 0.3) is 5.78 Å². The Hall–Kier alpha value is -1.88. The zero-order valence-electron chi connectivity index (χ0n) is 9.94. The van der Waals surface area contributed by atoms with Crippen molar-refractivity contribution in [3.8, 4) is 0 Å². The van der Waals surface area contributed by atoms with Gasteiger partial charge in [-0.15, -0.1) is 0 Å². The number of nitrogens with zero attached hydrogens (tertiary/aromatic N) is 2. The number of hydrogen-bond acceptors (Lipinski definition) is 4. The molecule has 0 aliphatic carbocycles. The van der Waals surface area contributed by atoms with Crippen LogP contribution < -0.4 is 0 Å². The van der Waals surface area contributed by atoms with Gasteiger partial charge in [-0.25, -0.2) is 4.79 Å². The van der Waals surface area contributed by atoms with E-state index in [9.17, 15) is 9.59 Å². The van der Waals surface area contributed by atoms with E-state index in [1.54, 1.807) is 32.2 Å². The van der Waals surface area contributed by atoms with Crippen LogP contribution in [0.4, 0.5) is 0 Å². The van der Waals surface area contributed by atoms with Crippen molar-refractivity contribution in [2.45, 2.75) is 6.92 Å². The Morgan fingerprint density at radius 1 is 1.44 bits per heavy atom. The van der Waals surface area contributed by atoms with E-state index in [1.807, 2.05) is 0 Å². The van der Waals surface area contributed by atoms with Crippen LogP contribution in [0.15, 0.2) is 18.2 Å². The lowest BCUT2D eigenvalue weighted by Crippen LogP contribution is -2.18. The highest BCUT2D eigenvalue weighted by atomic mass is 35.5. The summed E-state index contributed by atoms with van der Waals surface area (Å²) in [5.41, 5.74) is 0.772. The van der Waals surface area contributed by atoms with Crippen LogP contribution in [0.1, 0.15) is 17.3 Å². The minimum atomic E-state index is -0.873. The van der Waals surface area contributed by atoms with Crippen molar-refractivity contribution >= 4 is 34.3 Å². The van der Waals surface area contributed by atoms with Gasteiger partial charge in [0, 0.05) is 12.4 Å². The molecule has 5 nitrogen and oxygen atoms in total. The highest BCUT2D eigenvalue weighted by Crippen LogP contribution is 2.25. The average molecular weight is 267 g/mol. The van der Waals surface area contributed by atoms with Gasteiger partial charge in [0.15, 0.2) is 5.15 Å². The van der Waals surface area contributed by atoms with Gasteiger partial charge in [0.2, 0.25) is 0 Å². The Morgan fingerprint density at radius 2 is 2.17 bits per heavy atom. The molecule has 0 atom stereocenters. The number of esters is 1. The van der Waals surface area contributed by atoms with Crippen molar-refractivity contribution in [1.29, 1.82) is 0 Å². The molecule has 2 rings (SSSR count). The van der Waals surface area contributed by atoms with Crippen LogP contribution in [-0.2, 0) is 16.6 Å². The summed E-state index contributed by atoms with van der Waals surface area (Å²) in [7, 11) is 1.66. The normalized spacial score (nSPS) is 10.6. The fourth-order valence-electron chi connectivity index (χ4n) is 1.78. The number of hydrogen-bond donors (Lipinski definition) is 0. The molecular formula is C12H11ClN2O3. The lowest BCUT2D eigenvalue weighted by Gasteiger charge is -2.03. The van der Waals surface area contributed by atoms with E-state index in [0.29, 0.717) is 16.1 Å². The Balaban J connectivity index is 2.58. The van der Waals surface area contributed by atoms with E-state index in [0.717, 1.165) is 0 Å². The molecule has 0 radical (unpaired) electrons. The van der Waals surface area contributed by atoms with Crippen LogP contribution in [0.2, 0.25) is 5.15 Å². The molecule has 0 spiro atoms. The van der Waals surface area contributed by atoms with Crippen molar-refractivity contribution in [3.05, 3.63) is 28.9 Å². The first kappa shape index (κ1) is 12.6. The number of carbonyl (C=O) groups is 2. The standard InChI is InChI=1S/C12H11ClN2O3/c1-3-18-12(17)10(16)7-5-4-6-8-9(7)15(2)14-11(8)13/h4-6H,3H2,1-2H3. The Labute approximate surface area is 108 Å². The van der Waals surface area contributed by atoms with Crippen LogP contribution in [-0.4, -0.2) is 28.1 Å². The molecule has 18 heavy (non-hydrogen) atoms. The number of carbonyl (C=O) groups excluding carboxylic acids is 2. The van der Waals surface area contributed by atoms with E-state index >= 15 is 0 Å². The molecule has 0 saturated carbocycles. The number of aromatic nitrogens is 2. The summed E-state index contributed by atoms with van der Waals surface area (Å²) in [5, 5.41) is 4.95. The summed E-state index contributed by atoms with van der Waals surface area (Å²) in [6.07, 6.45) is 0. The van der Waals surface area contributed by atoms with Gasteiger partial charge < -0.3 is 4.74 Å². The second kappa shape index (κ2) is 4.78. The first-order valence-electron chi connectivity index (χ1n) is 5.39. The molecule has 2 aromatic rings. The van der Waals surface area contributed by atoms with E-state index in [-0.39, 0.29) is 12.2 Å². The number of fused-ring (bicyclic) bond motifs is 1. The molecule has 0 bridgehead atoms. The third-order valence-corrected chi connectivity index (χ3v) is 2.80. The van der Waals surface area contributed by atoms with Gasteiger partial charge in [-0.2, -0.15) is 5.10 Å². The van der Waals surface area contributed by atoms with E-state index in [4.69, 9.17) is 16.3 Å². The van der Waals surface area contributed by atoms with Crippen LogP contribution >= 0.6 is 11.6 Å². The van der Waals surface area contributed by atoms with E-state index in [2.05, 4.69) is 5.10 Å². The summed E-state index contributed by atoms with van der Waals surface area (Å²) < 4.78 is 6.18. The van der Waals surface area contributed by atoms with Crippen molar-refractivity contribution in [2.75, 3.05) is 6.61 Å². The molecular weight excluding hydrogens is 256 g/mol. The van der Waals surface area contributed by atoms with Crippen molar-refractivity contribution in [1.82, 2.24) is 9.78 Å². The zero-order chi connectivity index (χ0) is 13.3. The quantitative estimate of drug-likeness (QED) is 0.484. The van der Waals surface area contributed by atoms with Crippen LogP contribution in [0.3, 0.4) is 0 Å². The molecule has 0 N–H and O–H groups in total. The third-order valence-electron chi connectivity index (χ3n) is 2.53. The van der Waals surface area contributed by atoms with Crippen molar-refractivity contribution in [2.24, 2.45) is 7.05 Å². The fourth-order valence-corrected chi connectivity index (χ4v) is 2.05. The highest BCUT2D eigenvalue weighted by molar-refractivity contribution is 6.43. The summed E-state index contributed by atoms with van der Waals surface area (Å²) in [6.45, 7) is 1.80. The summed E-state index contributed by atoms with van der Waals surface area (Å²) in [6, 6.07) is 4.95. The molecule has 0 fully saturated rings. The maximum Gasteiger partial charge on any atom is 0.379 e. The van der Waals surface area contributed by atoms with Crippen LogP contribution in [0, 0.1) is 0 Å². The predicted molar refractivity (Wildman–Crippen MR) is 66.7 cm³/mol. The summed E-state index contributed by atoms with van der Waals surface area (Å²) in [5.74, 6) is -1.57. The highest BCUT2D eigenvalue weighted by Gasteiger charge is 2.22. The van der Waals surface area contributed by atoms with Gasteiger partial charge in [0.05, 0.1) is 17.7 Å². The molecule has 0 aliphatic rings. The number of aryl methyl sites for hydroxylation is 1. The first-order valence-corrected chi connectivity index (χ1v) is 5.76. The number of rotatable bonds is 3. The van der Waals surface area contributed by atoms with Gasteiger partial charge >= 0.3 is 5.97 Å². The number of ether oxygens (including phenoxy) is 1. The van der Waals surface area contributed by atoms with Gasteiger partial charge in [-0.1, -0.05) is 17.7 Å². The largest absolute Gasteiger partial charge is 0.460 e. The monoisotopic (exact) mass is 266 g/mol.